The van der Waals surface area contributed by atoms with Crippen LogP contribution in [-0.2, 0) is 16.6 Å². The molecule has 0 saturated carbocycles. The van der Waals surface area contributed by atoms with Crippen LogP contribution in [0.25, 0.3) is 10.9 Å². The molecule has 0 saturated heterocycles. The summed E-state index contributed by atoms with van der Waals surface area (Å²) < 4.78 is 33.5. The molecular weight excluding hydrogens is 410 g/mol. The van der Waals surface area contributed by atoms with Crippen molar-refractivity contribution in [2.24, 2.45) is 0 Å². The Bertz CT molecular complexity index is 1240. The number of hydrogen-bond acceptors (Lipinski definition) is 4. The van der Waals surface area contributed by atoms with E-state index in [1.165, 1.54) is 0 Å². The third-order valence-corrected chi connectivity index (χ3v) is 6.27. The van der Waals surface area contributed by atoms with Crippen LogP contribution in [0.1, 0.15) is 12.0 Å². The van der Waals surface area contributed by atoms with E-state index in [2.05, 4.69) is 15.0 Å². The Morgan fingerprint density at radius 2 is 1.74 bits per heavy atom. The summed E-state index contributed by atoms with van der Waals surface area (Å²) in [4.78, 5) is 3.43. The second-order valence-corrected chi connectivity index (χ2v) is 8.88. The van der Waals surface area contributed by atoms with E-state index in [0.29, 0.717) is 18.8 Å². The molecule has 3 N–H and O–H groups in total. The van der Waals surface area contributed by atoms with Gasteiger partial charge in [0, 0.05) is 29.3 Å². The van der Waals surface area contributed by atoms with E-state index in [9.17, 15) is 8.42 Å². The number of anilines is 1. The molecule has 31 heavy (non-hydrogen) atoms. The lowest BCUT2D eigenvalue weighted by molar-refractivity contribution is 0.311. The molecule has 3 aromatic carbocycles. The maximum Gasteiger partial charge on any atom is 0.261 e. The number of fused-ring (bicyclic) bond motifs is 1. The second-order valence-electron chi connectivity index (χ2n) is 7.19. The Hall–Kier alpha value is -3.29. The molecule has 7 heteroatoms. The molecule has 0 aliphatic heterocycles. The standard InChI is InChI=1S/C24H25N3O3S/c28-31(29,21-9-2-1-3-10-21)27-20-8-4-7-19(17-20)18-25-14-6-16-30-24-12-5-11-23-22(24)13-15-26-23/h1-5,7-13,15,17,25-27H,6,14,16,18H2. The molecule has 0 aliphatic carbocycles. The van der Waals surface area contributed by atoms with E-state index in [0.717, 1.165) is 35.2 Å². The van der Waals surface area contributed by atoms with Crippen molar-refractivity contribution in [3.05, 3.63) is 90.6 Å². The fraction of sp³-hybridized carbons (Fsp3) is 0.167. The summed E-state index contributed by atoms with van der Waals surface area (Å²) in [7, 11) is -3.59. The predicted molar refractivity (Wildman–Crippen MR) is 124 cm³/mol. The molecule has 6 nitrogen and oxygen atoms in total. The number of sulfonamides is 1. The van der Waals surface area contributed by atoms with E-state index in [1.807, 2.05) is 48.7 Å². The van der Waals surface area contributed by atoms with Crippen molar-refractivity contribution >= 4 is 26.6 Å². The summed E-state index contributed by atoms with van der Waals surface area (Å²) in [5.41, 5.74) is 2.62. The smallest absolute Gasteiger partial charge is 0.261 e. The van der Waals surface area contributed by atoms with E-state index in [4.69, 9.17) is 4.74 Å². The normalized spacial score (nSPS) is 11.5. The Balaban J connectivity index is 1.24. The van der Waals surface area contributed by atoms with Gasteiger partial charge in [-0.15, -0.1) is 0 Å². The SMILES string of the molecule is O=S(=O)(Nc1cccc(CNCCCOc2cccc3[nH]ccc23)c1)c1ccccc1. The molecule has 0 atom stereocenters. The summed E-state index contributed by atoms with van der Waals surface area (Å²) >= 11 is 0. The minimum absolute atomic E-state index is 0.244. The topological polar surface area (TPSA) is 83.2 Å². The number of hydrogen-bond donors (Lipinski definition) is 3. The zero-order chi connectivity index (χ0) is 21.5. The first kappa shape index (κ1) is 21.0. The van der Waals surface area contributed by atoms with Gasteiger partial charge in [0.05, 0.1) is 11.5 Å². The van der Waals surface area contributed by atoms with Gasteiger partial charge in [-0.3, -0.25) is 4.72 Å². The second kappa shape index (κ2) is 9.68. The molecule has 1 aromatic heterocycles. The van der Waals surface area contributed by atoms with Crippen molar-refractivity contribution in [1.29, 1.82) is 0 Å². The number of aromatic nitrogens is 1. The largest absolute Gasteiger partial charge is 0.493 e. The Morgan fingerprint density at radius 1 is 0.903 bits per heavy atom. The Morgan fingerprint density at radius 3 is 2.61 bits per heavy atom. The van der Waals surface area contributed by atoms with Gasteiger partial charge in [-0.2, -0.15) is 0 Å². The van der Waals surface area contributed by atoms with Crippen LogP contribution >= 0.6 is 0 Å². The van der Waals surface area contributed by atoms with E-state index >= 15 is 0 Å². The highest BCUT2D eigenvalue weighted by atomic mass is 32.2. The monoisotopic (exact) mass is 435 g/mol. The molecule has 0 bridgehead atoms. The van der Waals surface area contributed by atoms with Gasteiger partial charge in [0.2, 0.25) is 0 Å². The molecule has 160 valence electrons. The average Bonchev–Trinajstić information content (AvgIpc) is 3.26. The van der Waals surface area contributed by atoms with Crippen LogP contribution in [0, 0.1) is 0 Å². The molecule has 4 aromatic rings. The molecule has 0 aliphatic rings. The van der Waals surface area contributed by atoms with Gasteiger partial charge < -0.3 is 15.0 Å². The van der Waals surface area contributed by atoms with Gasteiger partial charge in [-0.25, -0.2) is 8.42 Å². The lowest BCUT2D eigenvalue weighted by Gasteiger charge is -2.11. The number of nitrogens with one attached hydrogen (secondary N) is 3. The highest BCUT2D eigenvalue weighted by molar-refractivity contribution is 7.92. The summed E-state index contributed by atoms with van der Waals surface area (Å²) in [6.07, 6.45) is 2.77. The van der Waals surface area contributed by atoms with Gasteiger partial charge in [0.15, 0.2) is 0 Å². The summed E-state index contributed by atoms with van der Waals surface area (Å²) in [6.45, 7) is 2.06. The van der Waals surface area contributed by atoms with Crippen molar-refractivity contribution < 1.29 is 13.2 Å². The number of rotatable bonds is 10. The van der Waals surface area contributed by atoms with E-state index in [1.54, 1.807) is 36.4 Å². The first-order valence-corrected chi connectivity index (χ1v) is 11.7. The van der Waals surface area contributed by atoms with E-state index in [-0.39, 0.29) is 4.90 Å². The average molecular weight is 436 g/mol. The van der Waals surface area contributed by atoms with Gasteiger partial charge in [-0.1, -0.05) is 36.4 Å². The van der Waals surface area contributed by atoms with Crippen molar-refractivity contribution in [2.75, 3.05) is 17.9 Å². The molecular formula is C24H25N3O3S. The molecule has 0 unspecified atom stereocenters. The molecule has 1 heterocycles. The van der Waals surface area contributed by atoms with Crippen LogP contribution in [0.15, 0.2) is 90.0 Å². The van der Waals surface area contributed by atoms with Gasteiger partial charge >= 0.3 is 0 Å². The summed E-state index contributed by atoms with van der Waals surface area (Å²) in [6, 6.07) is 23.8. The van der Waals surface area contributed by atoms with Crippen molar-refractivity contribution in [3.63, 3.8) is 0 Å². The lowest BCUT2D eigenvalue weighted by atomic mass is 10.2. The number of ether oxygens (including phenoxy) is 1. The van der Waals surface area contributed by atoms with Gasteiger partial charge in [0.1, 0.15) is 5.75 Å². The summed E-state index contributed by atoms with van der Waals surface area (Å²) in [5, 5.41) is 4.47. The Kier molecular flexibility index (Phi) is 6.54. The third-order valence-electron chi connectivity index (χ3n) is 4.87. The maximum absolute atomic E-state index is 12.5. The minimum atomic E-state index is -3.59. The van der Waals surface area contributed by atoms with E-state index < -0.39 is 10.0 Å². The molecule has 0 spiro atoms. The van der Waals surface area contributed by atoms with Crippen molar-refractivity contribution in [3.8, 4) is 5.75 Å². The number of benzene rings is 3. The zero-order valence-electron chi connectivity index (χ0n) is 17.0. The number of H-pyrrole nitrogens is 1. The fourth-order valence-corrected chi connectivity index (χ4v) is 4.42. The first-order valence-electron chi connectivity index (χ1n) is 10.2. The van der Waals surface area contributed by atoms with Crippen LogP contribution in [-0.4, -0.2) is 26.6 Å². The predicted octanol–water partition coefficient (Wildman–Crippen LogP) is 4.53. The first-order chi connectivity index (χ1) is 15.1. The fourth-order valence-electron chi connectivity index (χ4n) is 3.35. The van der Waals surface area contributed by atoms with Crippen LogP contribution in [0.4, 0.5) is 5.69 Å². The molecule has 0 fully saturated rings. The molecule has 0 amide bonds. The minimum Gasteiger partial charge on any atom is -0.493 e. The lowest BCUT2D eigenvalue weighted by Crippen LogP contribution is -2.17. The van der Waals surface area contributed by atoms with Crippen LogP contribution < -0.4 is 14.8 Å². The van der Waals surface area contributed by atoms with Crippen LogP contribution in [0.3, 0.4) is 0 Å². The molecule has 4 rings (SSSR count). The summed E-state index contributed by atoms with van der Waals surface area (Å²) in [5.74, 6) is 0.886. The van der Waals surface area contributed by atoms with Crippen LogP contribution in [0.5, 0.6) is 5.75 Å². The Labute approximate surface area is 182 Å². The van der Waals surface area contributed by atoms with Crippen molar-refractivity contribution in [2.45, 2.75) is 17.9 Å². The zero-order valence-corrected chi connectivity index (χ0v) is 17.9. The van der Waals surface area contributed by atoms with Crippen LogP contribution in [0.2, 0.25) is 0 Å². The molecule has 0 radical (unpaired) electrons. The highest BCUT2D eigenvalue weighted by Crippen LogP contribution is 2.24. The van der Waals surface area contributed by atoms with Gasteiger partial charge in [0.25, 0.3) is 10.0 Å². The third kappa shape index (κ3) is 5.45. The van der Waals surface area contributed by atoms with Gasteiger partial charge in [-0.05, 0) is 61.0 Å². The maximum atomic E-state index is 12.5. The van der Waals surface area contributed by atoms with Crippen molar-refractivity contribution in [1.82, 2.24) is 10.3 Å². The number of aromatic amines is 1. The quantitative estimate of drug-likeness (QED) is 0.320. The highest BCUT2D eigenvalue weighted by Gasteiger charge is 2.13.